The number of aryl methyl sites for hydroxylation is 2. The quantitative estimate of drug-likeness (QED) is 0.385. The summed E-state index contributed by atoms with van der Waals surface area (Å²) >= 11 is 0. The van der Waals surface area contributed by atoms with Crippen molar-refractivity contribution >= 4 is 19.9 Å². The van der Waals surface area contributed by atoms with Crippen molar-refractivity contribution in [2.45, 2.75) is 47.5 Å². The summed E-state index contributed by atoms with van der Waals surface area (Å²) in [5.41, 5.74) is 7.02. The van der Waals surface area contributed by atoms with Crippen LogP contribution >= 0.6 is 0 Å². The van der Waals surface area contributed by atoms with E-state index >= 15 is 0 Å². The molecule has 0 amide bonds. The van der Waals surface area contributed by atoms with E-state index < -0.39 is 0 Å². The Balaban J connectivity index is 0.000000251. The van der Waals surface area contributed by atoms with E-state index in [1.54, 1.807) is 0 Å². The molecule has 2 aliphatic carbocycles. The van der Waals surface area contributed by atoms with E-state index in [4.69, 9.17) is 0 Å². The first-order chi connectivity index (χ1) is 13.5. The van der Waals surface area contributed by atoms with Crippen LogP contribution in [0.1, 0.15) is 44.7 Å². The van der Waals surface area contributed by atoms with Crippen molar-refractivity contribution in [3.63, 3.8) is 0 Å². The van der Waals surface area contributed by atoms with Crippen LogP contribution in [0.5, 0.6) is 0 Å². The van der Waals surface area contributed by atoms with Crippen LogP contribution < -0.4 is 10.4 Å². The van der Waals surface area contributed by atoms with Gasteiger partial charge in [-0.15, -0.1) is 19.8 Å². The van der Waals surface area contributed by atoms with Gasteiger partial charge in [0.2, 0.25) is 0 Å². The summed E-state index contributed by atoms with van der Waals surface area (Å²) in [6, 6.07) is 17.2. The van der Waals surface area contributed by atoms with E-state index in [9.17, 15) is 0 Å². The van der Waals surface area contributed by atoms with Gasteiger partial charge in [0.05, 0.1) is 0 Å². The number of benzene rings is 2. The van der Waals surface area contributed by atoms with Crippen molar-refractivity contribution in [2.75, 3.05) is 0 Å². The molecule has 2 radical (unpaired) electrons. The van der Waals surface area contributed by atoms with Gasteiger partial charge in [-0.05, 0) is 13.8 Å². The maximum Gasteiger partial charge on any atom is 2.00 e. The van der Waals surface area contributed by atoms with Gasteiger partial charge in [0.25, 0.3) is 0 Å². The minimum Gasteiger partial charge on any atom is -0.273 e. The average Bonchev–Trinajstić information content (AvgIpc) is 3.37. The largest absolute Gasteiger partial charge is 2.00 e. The smallest absolute Gasteiger partial charge is 0.273 e. The standard InChI is InChI=1S/C14H14Si.C8H11.C5H5.Zr/c1-11-7-3-5-9-13(11)15-14-10-6-4-8-12(14)2;1-6-4-5-7(2)8(6)3;1-2-4-5-3-1;/h3-10H,1-2H3;4H2,1-3H3;1-3H,4H2;/q;2*-1;+2. The van der Waals surface area contributed by atoms with Crippen LogP contribution in [0.2, 0.25) is 0 Å². The fourth-order valence-corrected chi connectivity index (χ4v) is 3.97. The van der Waals surface area contributed by atoms with Gasteiger partial charge < -0.3 is 0 Å². The van der Waals surface area contributed by atoms with E-state index in [0.29, 0.717) is 0 Å². The molecule has 0 saturated heterocycles. The van der Waals surface area contributed by atoms with Crippen LogP contribution in [0.25, 0.3) is 0 Å². The average molecular weight is 474 g/mol. The Morgan fingerprint density at radius 3 is 1.62 bits per heavy atom. The molecule has 0 aliphatic heterocycles. The SMILES string of the molecule is CC1=[C-]CC(C)=C1C.Cc1ccccc1[Si]c1ccccc1C.[C-]1=CC=CC1.[Zr+2]. The minimum atomic E-state index is 0. The zero-order valence-corrected chi connectivity index (χ0v) is 21.7. The summed E-state index contributed by atoms with van der Waals surface area (Å²) in [7, 11) is 0.774. The van der Waals surface area contributed by atoms with E-state index in [-0.39, 0.29) is 26.2 Å². The van der Waals surface area contributed by atoms with Gasteiger partial charge in [-0.25, -0.2) is 17.7 Å². The Bertz CT molecular complexity index is 841. The Morgan fingerprint density at radius 1 is 0.793 bits per heavy atom. The summed E-state index contributed by atoms with van der Waals surface area (Å²) in [5.74, 6) is 0. The molecule has 0 unspecified atom stereocenters. The van der Waals surface area contributed by atoms with Crippen LogP contribution in [0.4, 0.5) is 0 Å². The summed E-state index contributed by atoms with van der Waals surface area (Å²) in [5, 5.41) is 2.90. The summed E-state index contributed by atoms with van der Waals surface area (Å²) < 4.78 is 0. The fraction of sp³-hybridized carbons (Fsp3) is 0.259. The van der Waals surface area contributed by atoms with Crippen LogP contribution in [0.3, 0.4) is 0 Å². The van der Waals surface area contributed by atoms with Crippen molar-refractivity contribution < 1.29 is 26.2 Å². The molecule has 0 fully saturated rings. The predicted molar refractivity (Wildman–Crippen MR) is 124 cm³/mol. The zero-order chi connectivity index (χ0) is 20.4. The molecule has 0 heterocycles. The molecule has 0 N–H and O–H groups in total. The second kappa shape index (κ2) is 13.7. The van der Waals surface area contributed by atoms with Crippen molar-refractivity contribution in [1.82, 2.24) is 0 Å². The molecule has 29 heavy (non-hydrogen) atoms. The Hall–Kier alpha value is -1.50. The summed E-state index contributed by atoms with van der Waals surface area (Å²) in [6.45, 7) is 10.8. The molecule has 2 aromatic carbocycles. The van der Waals surface area contributed by atoms with Crippen molar-refractivity contribution in [2.24, 2.45) is 0 Å². The monoisotopic (exact) mass is 472 g/mol. The normalized spacial score (nSPS) is 13.8. The van der Waals surface area contributed by atoms with Gasteiger partial charge >= 0.3 is 26.2 Å². The number of hydrogen-bond acceptors (Lipinski definition) is 0. The minimum absolute atomic E-state index is 0. The maximum atomic E-state index is 3.26. The molecule has 0 saturated carbocycles. The molecule has 0 aromatic heterocycles. The second-order valence-electron chi connectivity index (χ2n) is 7.14. The summed E-state index contributed by atoms with van der Waals surface area (Å²) in [4.78, 5) is 0. The van der Waals surface area contributed by atoms with Crippen LogP contribution in [-0.4, -0.2) is 9.52 Å². The first-order valence-corrected chi connectivity index (χ1v) is 10.8. The molecule has 0 spiro atoms. The third-order valence-electron chi connectivity index (χ3n) is 4.97. The molecule has 0 nitrogen and oxygen atoms in total. The predicted octanol–water partition coefficient (Wildman–Crippen LogP) is 5.74. The van der Waals surface area contributed by atoms with Crippen LogP contribution in [-0.2, 0) is 26.2 Å². The van der Waals surface area contributed by atoms with E-state index in [2.05, 4.69) is 101 Å². The first-order valence-electron chi connectivity index (χ1n) is 9.83. The second-order valence-corrected chi connectivity index (χ2v) is 8.47. The molecular weight excluding hydrogens is 444 g/mol. The number of hydrogen-bond donors (Lipinski definition) is 0. The molecule has 146 valence electrons. The number of rotatable bonds is 2. The van der Waals surface area contributed by atoms with Crippen LogP contribution in [0.15, 0.2) is 83.5 Å². The van der Waals surface area contributed by atoms with Gasteiger partial charge in [0, 0.05) is 0 Å². The van der Waals surface area contributed by atoms with Gasteiger partial charge in [-0.2, -0.15) is 17.2 Å². The van der Waals surface area contributed by atoms with Crippen LogP contribution in [0, 0.1) is 26.0 Å². The molecule has 2 heteroatoms. The van der Waals surface area contributed by atoms with Crippen molar-refractivity contribution in [3.8, 4) is 0 Å². The Morgan fingerprint density at radius 2 is 1.34 bits per heavy atom. The molecule has 0 atom stereocenters. The Labute approximate surface area is 199 Å². The van der Waals surface area contributed by atoms with Gasteiger partial charge in [0.1, 0.15) is 9.52 Å². The van der Waals surface area contributed by atoms with E-state index in [0.717, 1.165) is 22.4 Å². The molecule has 2 aliphatic rings. The zero-order valence-electron chi connectivity index (χ0n) is 18.3. The van der Waals surface area contributed by atoms with E-state index in [1.807, 2.05) is 12.2 Å². The fourth-order valence-electron chi connectivity index (χ4n) is 2.76. The molecular formula is C27H30SiZr. The van der Waals surface area contributed by atoms with Gasteiger partial charge in [-0.3, -0.25) is 12.2 Å². The topological polar surface area (TPSA) is 0 Å². The molecule has 0 bridgehead atoms. The third kappa shape index (κ3) is 8.81. The first kappa shape index (κ1) is 25.5. The van der Waals surface area contributed by atoms with Crippen molar-refractivity contribution in [3.05, 3.63) is 107 Å². The van der Waals surface area contributed by atoms with Crippen molar-refractivity contribution in [1.29, 1.82) is 0 Å². The van der Waals surface area contributed by atoms with Gasteiger partial charge in [-0.1, -0.05) is 83.9 Å². The maximum absolute atomic E-state index is 3.26. The number of allylic oxidation sites excluding steroid dienone is 8. The van der Waals surface area contributed by atoms with E-state index in [1.165, 1.54) is 38.2 Å². The molecule has 4 rings (SSSR count). The Kier molecular flexibility index (Phi) is 12.0. The summed E-state index contributed by atoms with van der Waals surface area (Å²) in [6.07, 6.45) is 14.3. The van der Waals surface area contributed by atoms with Gasteiger partial charge in [0.15, 0.2) is 0 Å². The molecule has 2 aromatic rings. The third-order valence-corrected chi connectivity index (χ3v) is 6.63.